The second-order valence-corrected chi connectivity index (χ2v) is 3.53. The van der Waals surface area contributed by atoms with Crippen molar-refractivity contribution in [2.75, 3.05) is 14.1 Å². The first-order valence-corrected chi connectivity index (χ1v) is 4.60. The lowest BCUT2D eigenvalue weighted by Crippen LogP contribution is -2.07. The Balaban J connectivity index is 3.03. The van der Waals surface area contributed by atoms with Gasteiger partial charge in [0.05, 0.1) is 0 Å². The molecule has 1 rings (SSSR count). The molecule has 0 bridgehead atoms. The predicted molar refractivity (Wildman–Crippen MR) is 58.6 cm³/mol. The predicted octanol–water partition coefficient (Wildman–Crippen LogP) is 3.18. The molecule has 1 nitrogen and oxygen atoms in total. The summed E-state index contributed by atoms with van der Waals surface area (Å²) in [7, 11) is 3.88. The molecule has 0 saturated carbocycles. The third-order valence-electron chi connectivity index (χ3n) is 1.91. The van der Waals surface area contributed by atoms with Gasteiger partial charge >= 0.3 is 0 Å². The number of allylic oxidation sites excluding steroid dienone is 1. The topological polar surface area (TPSA) is 3.24 Å². The third kappa shape index (κ3) is 2.49. The molecule has 0 spiro atoms. The summed E-state index contributed by atoms with van der Waals surface area (Å²) < 4.78 is 0. The lowest BCUT2D eigenvalue weighted by molar-refractivity contribution is 0.548. The molecule has 0 aromatic heterocycles. The van der Waals surface area contributed by atoms with Gasteiger partial charge < -0.3 is 4.90 Å². The van der Waals surface area contributed by atoms with Crippen molar-refractivity contribution in [1.29, 1.82) is 0 Å². The average molecular weight is 196 g/mol. The normalized spacial score (nSPS) is 12.3. The Morgan fingerprint density at radius 2 is 1.69 bits per heavy atom. The van der Waals surface area contributed by atoms with E-state index in [0.717, 1.165) is 10.7 Å². The number of halogens is 1. The maximum Gasteiger partial charge on any atom is 0.107 e. The molecule has 0 N–H and O–H groups in total. The third-order valence-corrected chi connectivity index (χ3v) is 2.53. The number of rotatable bonds is 2. The highest BCUT2D eigenvalue weighted by atomic mass is 35.5. The van der Waals surface area contributed by atoms with Crippen LogP contribution in [0.3, 0.4) is 0 Å². The van der Waals surface area contributed by atoms with E-state index in [9.17, 15) is 0 Å². The Morgan fingerprint density at radius 3 is 2.15 bits per heavy atom. The van der Waals surface area contributed by atoms with Gasteiger partial charge in [0.15, 0.2) is 0 Å². The summed E-state index contributed by atoms with van der Waals surface area (Å²) >= 11 is 6.11. The van der Waals surface area contributed by atoms with Crippen molar-refractivity contribution in [3.63, 3.8) is 0 Å². The van der Waals surface area contributed by atoms with Crippen LogP contribution >= 0.6 is 11.6 Å². The fourth-order valence-electron chi connectivity index (χ4n) is 1.14. The number of hydrogen-bond acceptors (Lipinski definition) is 1. The highest BCUT2D eigenvalue weighted by molar-refractivity contribution is 6.32. The minimum absolute atomic E-state index is 0.784. The van der Waals surface area contributed by atoms with E-state index >= 15 is 0 Å². The van der Waals surface area contributed by atoms with Gasteiger partial charge in [0.1, 0.15) is 5.16 Å². The second-order valence-electron chi connectivity index (χ2n) is 3.18. The molecule has 0 saturated heterocycles. The average Bonchev–Trinajstić information content (AvgIpc) is 2.17. The summed E-state index contributed by atoms with van der Waals surface area (Å²) in [6, 6.07) is 10.1. The Hall–Kier alpha value is -0.950. The summed E-state index contributed by atoms with van der Waals surface area (Å²) in [5.41, 5.74) is 2.27. The zero-order valence-corrected chi connectivity index (χ0v) is 8.97. The molecule has 1 aromatic carbocycles. The van der Waals surface area contributed by atoms with Crippen molar-refractivity contribution in [3.8, 4) is 0 Å². The summed E-state index contributed by atoms with van der Waals surface area (Å²) in [4.78, 5) is 1.91. The molecular weight excluding hydrogens is 182 g/mol. The fourth-order valence-corrected chi connectivity index (χ4v) is 1.25. The SMILES string of the molecule is C/C(=C(/Cl)N(C)C)c1ccccc1. The van der Waals surface area contributed by atoms with Gasteiger partial charge in [-0.2, -0.15) is 0 Å². The summed E-state index contributed by atoms with van der Waals surface area (Å²) in [6.07, 6.45) is 0. The van der Waals surface area contributed by atoms with Crippen LogP contribution < -0.4 is 0 Å². The molecule has 0 amide bonds. The molecule has 13 heavy (non-hydrogen) atoms. The highest BCUT2D eigenvalue weighted by Gasteiger charge is 2.02. The monoisotopic (exact) mass is 195 g/mol. The van der Waals surface area contributed by atoms with Crippen LogP contribution in [0.1, 0.15) is 12.5 Å². The smallest absolute Gasteiger partial charge is 0.107 e. The first kappa shape index (κ1) is 10.1. The molecule has 2 heteroatoms. The van der Waals surface area contributed by atoms with E-state index < -0.39 is 0 Å². The van der Waals surface area contributed by atoms with Gasteiger partial charge in [0.25, 0.3) is 0 Å². The molecular formula is C11H14ClN. The Labute approximate surface area is 84.6 Å². The standard InChI is InChI=1S/C11H14ClN/c1-9(11(12)13(2)3)10-7-5-4-6-8-10/h4-8H,1-3H3/b11-9+. The van der Waals surface area contributed by atoms with E-state index in [-0.39, 0.29) is 0 Å². The van der Waals surface area contributed by atoms with E-state index in [0.29, 0.717) is 0 Å². The van der Waals surface area contributed by atoms with Crippen LogP contribution in [0, 0.1) is 0 Å². The molecule has 0 radical (unpaired) electrons. The molecule has 1 aromatic rings. The Kier molecular flexibility index (Phi) is 3.38. The van der Waals surface area contributed by atoms with Crippen LogP contribution in [0.25, 0.3) is 5.57 Å². The quantitative estimate of drug-likeness (QED) is 0.656. The van der Waals surface area contributed by atoms with Crippen molar-refractivity contribution >= 4 is 17.2 Å². The zero-order valence-electron chi connectivity index (χ0n) is 8.21. The van der Waals surface area contributed by atoms with Crippen molar-refractivity contribution < 1.29 is 0 Å². The molecule has 0 aliphatic rings. The van der Waals surface area contributed by atoms with Gasteiger partial charge in [-0.3, -0.25) is 0 Å². The van der Waals surface area contributed by atoms with Gasteiger partial charge in [-0.1, -0.05) is 41.9 Å². The first-order chi connectivity index (χ1) is 6.13. The van der Waals surface area contributed by atoms with Gasteiger partial charge in [0.2, 0.25) is 0 Å². The van der Waals surface area contributed by atoms with Crippen LogP contribution in [0.2, 0.25) is 0 Å². The Morgan fingerprint density at radius 1 is 1.15 bits per heavy atom. The molecule has 0 unspecified atom stereocenters. The van der Waals surface area contributed by atoms with Gasteiger partial charge in [-0.05, 0) is 18.1 Å². The van der Waals surface area contributed by atoms with Crippen LogP contribution in [0.4, 0.5) is 0 Å². The lowest BCUT2D eigenvalue weighted by Gasteiger charge is -2.14. The minimum atomic E-state index is 0.784. The first-order valence-electron chi connectivity index (χ1n) is 4.22. The van der Waals surface area contributed by atoms with E-state index in [2.05, 4.69) is 12.1 Å². The van der Waals surface area contributed by atoms with Crippen molar-refractivity contribution in [2.45, 2.75) is 6.92 Å². The van der Waals surface area contributed by atoms with E-state index in [1.165, 1.54) is 5.56 Å². The molecule has 70 valence electrons. The van der Waals surface area contributed by atoms with Gasteiger partial charge in [-0.15, -0.1) is 0 Å². The van der Waals surface area contributed by atoms with Gasteiger partial charge in [-0.25, -0.2) is 0 Å². The largest absolute Gasteiger partial charge is 0.368 e. The molecule has 0 heterocycles. The zero-order chi connectivity index (χ0) is 9.84. The van der Waals surface area contributed by atoms with E-state index in [4.69, 9.17) is 11.6 Å². The number of nitrogens with zero attached hydrogens (tertiary/aromatic N) is 1. The lowest BCUT2D eigenvalue weighted by atomic mass is 10.1. The maximum absolute atomic E-state index is 6.11. The minimum Gasteiger partial charge on any atom is -0.368 e. The molecule has 0 aliphatic carbocycles. The van der Waals surface area contributed by atoms with Crippen molar-refractivity contribution in [3.05, 3.63) is 41.1 Å². The summed E-state index contributed by atoms with van der Waals surface area (Å²) in [6.45, 7) is 2.03. The Bertz CT molecular complexity index is 301. The summed E-state index contributed by atoms with van der Waals surface area (Å²) in [5.74, 6) is 0. The maximum atomic E-state index is 6.11. The van der Waals surface area contributed by atoms with Crippen LogP contribution in [0.5, 0.6) is 0 Å². The second kappa shape index (κ2) is 4.33. The van der Waals surface area contributed by atoms with E-state index in [1.54, 1.807) is 0 Å². The van der Waals surface area contributed by atoms with Crippen molar-refractivity contribution in [1.82, 2.24) is 4.90 Å². The molecule has 0 atom stereocenters. The number of benzene rings is 1. The highest BCUT2D eigenvalue weighted by Crippen LogP contribution is 2.21. The van der Waals surface area contributed by atoms with E-state index in [1.807, 2.05) is 44.1 Å². The number of hydrogen-bond donors (Lipinski definition) is 0. The van der Waals surface area contributed by atoms with Crippen LogP contribution in [-0.2, 0) is 0 Å². The van der Waals surface area contributed by atoms with Crippen molar-refractivity contribution in [2.24, 2.45) is 0 Å². The molecule has 0 fully saturated rings. The molecule has 0 aliphatic heterocycles. The van der Waals surface area contributed by atoms with Gasteiger partial charge in [0, 0.05) is 14.1 Å². The summed E-state index contributed by atoms with van der Waals surface area (Å²) in [5, 5.41) is 0.784. The fraction of sp³-hybridized carbons (Fsp3) is 0.273. The van der Waals surface area contributed by atoms with Crippen LogP contribution in [-0.4, -0.2) is 19.0 Å². The van der Waals surface area contributed by atoms with Crippen LogP contribution in [0.15, 0.2) is 35.5 Å².